The van der Waals surface area contributed by atoms with Crippen LogP contribution in [0.3, 0.4) is 0 Å². The number of carbonyl (C=O) groups is 2. The molecule has 4 aromatic rings. The lowest BCUT2D eigenvalue weighted by molar-refractivity contribution is -0.140. The lowest BCUT2D eigenvalue weighted by Gasteiger charge is -2.35. The Labute approximate surface area is 293 Å². The maximum atomic E-state index is 14.6. The number of halogens is 2. The predicted molar refractivity (Wildman–Crippen MR) is 192 cm³/mol. The molecule has 0 saturated heterocycles. The summed E-state index contributed by atoms with van der Waals surface area (Å²) in [5.41, 5.74) is 2.07. The maximum Gasteiger partial charge on any atom is 0.264 e. The van der Waals surface area contributed by atoms with E-state index in [4.69, 9.17) is 27.9 Å². The molecular weight excluding hydrogens is 669 g/mol. The van der Waals surface area contributed by atoms with E-state index in [1.165, 1.54) is 17.0 Å². The zero-order chi connectivity index (χ0) is 35.1. The van der Waals surface area contributed by atoms with Crippen LogP contribution in [0.4, 0.5) is 5.69 Å². The number of ether oxygens (including phenoxy) is 1. The average Bonchev–Trinajstić information content (AvgIpc) is 3.03. The van der Waals surface area contributed by atoms with Crippen molar-refractivity contribution in [1.82, 2.24) is 10.2 Å². The van der Waals surface area contributed by atoms with Crippen LogP contribution in [0.25, 0.3) is 0 Å². The third-order valence-corrected chi connectivity index (χ3v) is 9.96. The lowest BCUT2D eigenvalue weighted by Crippen LogP contribution is -2.56. The van der Waals surface area contributed by atoms with Crippen LogP contribution in [0.2, 0.25) is 10.0 Å². The molecule has 48 heavy (non-hydrogen) atoms. The molecule has 0 fully saturated rings. The van der Waals surface area contributed by atoms with Gasteiger partial charge in [0, 0.05) is 18.5 Å². The molecular formula is C37H41Cl2N3O5S. The second kappa shape index (κ2) is 15.9. The number of sulfonamides is 1. The minimum absolute atomic E-state index is 0.0123. The van der Waals surface area contributed by atoms with Crippen molar-refractivity contribution in [2.75, 3.05) is 17.5 Å². The third-order valence-electron chi connectivity index (χ3n) is 7.43. The highest BCUT2D eigenvalue weighted by Crippen LogP contribution is 2.28. The van der Waals surface area contributed by atoms with Crippen LogP contribution in [0.1, 0.15) is 44.4 Å². The van der Waals surface area contributed by atoms with E-state index in [-0.39, 0.29) is 23.8 Å². The van der Waals surface area contributed by atoms with E-state index >= 15 is 0 Å². The van der Waals surface area contributed by atoms with Gasteiger partial charge in [0.2, 0.25) is 11.8 Å². The summed E-state index contributed by atoms with van der Waals surface area (Å²) in [5, 5.41) is 3.66. The predicted octanol–water partition coefficient (Wildman–Crippen LogP) is 7.45. The topological polar surface area (TPSA) is 96.0 Å². The molecule has 0 spiro atoms. The van der Waals surface area contributed by atoms with Gasteiger partial charge in [-0.3, -0.25) is 13.9 Å². The average molecular weight is 711 g/mol. The molecule has 0 aliphatic heterocycles. The quantitative estimate of drug-likeness (QED) is 0.156. The van der Waals surface area contributed by atoms with Crippen LogP contribution in [0.15, 0.2) is 102 Å². The molecule has 0 aliphatic carbocycles. The molecule has 0 bridgehead atoms. The van der Waals surface area contributed by atoms with Crippen LogP contribution >= 0.6 is 23.2 Å². The largest absolute Gasteiger partial charge is 0.494 e. The second-order valence-corrected chi connectivity index (χ2v) is 15.1. The van der Waals surface area contributed by atoms with Crippen LogP contribution in [0.5, 0.6) is 5.75 Å². The van der Waals surface area contributed by atoms with Gasteiger partial charge in [0.15, 0.2) is 0 Å². The molecule has 2 amide bonds. The first-order chi connectivity index (χ1) is 22.7. The van der Waals surface area contributed by atoms with Gasteiger partial charge >= 0.3 is 0 Å². The normalized spacial score (nSPS) is 12.2. The highest BCUT2D eigenvalue weighted by molar-refractivity contribution is 7.92. The maximum absolute atomic E-state index is 14.6. The fourth-order valence-corrected chi connectivity index (χ4v) is 6.82. The zero-order valence-electron chi connectivity index (χ0n) is 27.7. The van der Waals surface area contributed by atoms with Gasteiger partial charge in [-0.1, -0.05) is 77.3 Å². The zero-order valence-corrected chi connectivity index (χ0v) is 30.1. The van der Waals surface area contributed by atoms with Gasteiger partial charge < -0.3 is 15.0 Å². The molecule has 0 unspecified atom stereocenters. The van der Waals surface area contributed by atoms with Gasteiger partial charge in [-0.25, -0.2) is 8.42 Å². The lowest BCUT2D eigenvalue weighted by atomic mass is 10.0. The number of benzene rings is 4. The summed E-state index contributed by atoms with van der Waals surface area (Å²) in [6.45, 7) is 9.13. The number of amides is 2. The van der Waals surface area contributed by atoms with Crippen LogP contribution in [-0.2, 0) is 32.6 Å². The van der Waals surface area contributed by atoms with E-state index in [2.05, 4.69) is 5.32 Å². The van der Waals surface area contributed by atoms with Gasteiger partial charge in [-0.2, -0.15) is 0 Å². The van der Waals surface area contributed by atoms with Gasteiger partial charge in [0.05, 0.1) is 27.2 Å². The van der Waals surface area contributed by atoms with E-state index in [1.807, 2.05) is 65.0 Å². The van der Waals surface area contributed by atoms with Crippen molar-refractivity contribution >= 4 is 50.7 Å². The molecule has 0 aromatic heterocycles. The summed E-state index contributed by atoms with van der Waals surface area (Å²) in [6.07, 6.45) is 0.186. The number of nitrogens with zero attached hydrogens (tertiary/aromatic N) is 2. The standard InChI is InChI=1S/C37H41Cl2N3O5S/c1-6-47-30-17-19-31(20-18-30)48(45,46)42(29-15-12-26(2)13-16-29)25-35(43)41(24-28-14-21-32(38)33(39)22-28)34(36(44)40-37(3,4)5)23-27-10-8-7-9-11-27/h7-22,34H,6,23-25H2,1-5H3,(H,40,44)/t34-/m0/s1. The van der Waals surface area contributed by atoms with E-state index < -0.39 is 34.1 Å². The smallest absolute Gasteiger partial charge is 0.264 e. The molecule has 0 radical (unpaired) electrons. The van der Waals surface area contributed by atoms with Crippen molar-refractivity contribution in [2.45, 2.75) is 64.1 Å². The van der Waals surface area contributed by atoms with E-state index in [0.29, 0.717) is 33.7 Å². The molecule has 4 rings (SSSR count). The summed E-state index contributed by atoms with van der Waals surface area (Å²) < 4.78 is 35.1. The SMILES string of the molecule is CCOc1ccc(S(=O)(=O)N(CC(=O)N(Cc2ccc(Cl)c(Cl)c2)[C@@H](Cc2ccccc2)C(=O)NC(C)(C)C)c2ccc(C)cc2)cc1. The Balaban J connectivity index is 1.82. The first-order valence-corrected chi connectivity index (χ1v) is 17.8. The summed E-state index contributed by atoms with van der Waals surface area (Å²) in [6, 6.07) is 26.3. The van der Waals surface area contributed by atoms with E-state index in [1.54, 1.807) is 54.6 Å². The van der Waals surface area contributed by atoms with Crippen molar-refractivity contribution < 1.29 is 22.7 Å². The Morgan fingerprint density at radius 2 is 1.50 bits per heavy atom. The number of nitrogens with one attached hydrogen (secondary N) is 1. The molecule has 0 saturated carbocycles. The van der Waals surface area contributed by atoms with Gasteiger partial charge in [-0.05, 0) is 94.3 Å². The minimum atomic E-state index is -4.25. The fraction of sp³-hybridized carbons (Fsp3) is 0.297. The van der Waals surface area contributed by atoms with Crippen LogP contribution in [-0.4, -0.2) is 49.9 Å². The molecule has 1 atom stereocenters. The summed E-state index contributed by atoms with van der Waals surface area (Å²) in [4.78, 5) is 30.1. The Morgan fingerprint density at radius 1 is 0.854 bits per heavy atom. The third kappa shape index (κ3) is 9.75. The van der Waals surface area contributed by atoms with Crippen molar-refractivity contribution in [3.05, 3.63) is 124 Å². The van der Waals surface area contributed by atoms with Crippen LogP contribution in [0, 0.1) is 6.92 Å². The van der Waals surface area contributed by atoms with Gasteiger partial charge in [0.1, 0.15) is 18.3 Å². The van der Waals surface area contributed by atoms with Gasteiger partial charge in [0.25, 0.3) is 10.0 Å². The Hall–Kier alpha value is -4.05. The molecule has 0 aliphatic rings. The summed E-state index contributed by atoms with van der Waals surface area (Å²) in [7, 11) is -4.25. The molecule has 4 aromatic carbocycles. The number of hydrogen-bond acceptors (Lipinski definition) is 5. The van der Waals surface area contributed by atoms with E-state index in [0.717, 1.165) is 15.4 Å². The Kier molecular flexibility index (Phi) is 12.2. The summed E-state index contributed by atoms with van der Waals surface area (Å²) >= 11 is 12.6. The number of rotatable bonds is 13. The van der Waals surface area contributed by atoms with Crippen molar-refractivity contribution in [1.29, 1.82) is 0 Å². The van der Waals surface area contributed by atoms with Crippen molar-refractivity contribution in [2.24, 2.45) is 0 Å². The molecule has 11 heteroatoms. The Bertz CT molecular complexity index is 1810. The Morgan fingerprint density at radius 3 is 2.08 bits per heavy atom. The highest BCUT2D eigenvalue weighted by atomic mass is 35.5. The monoisotopic (exact) mass is 709 g/mol. The molecule has 1 N–H and O–H groups in total. The molecule has 8 nitrogen and oxygen atoms in total. The fourth-order valence-electron chi connectivity index (χ4n) is 5.08. The van der Waals surface area contributed by atoms with Crippen molar-refractivity contribution in [3.63, 3.8) is 0 Å². The van der Waals surface area contributed by atoms with Crippen molar-refractivity contribution in [3.8, 4) is 5.75 Å². The molecule has 0 heterocycles. The first-order valence-electron chi connectivity index (χ1n) is 15.6. The molecule has 254 valence electrons. The van der Waals surface area contributed by atoms with Crippen LogP contribution < -0.4 is 14.4 Å². The van der Waals surface area contributed by atoms with Gasteiger partial charge in [-0.15, -0.1) is 0 Å². The van der Waals surface area contributed by atoms with E-state index in [9.17, 15) is 18.0 Å². The minimum Gasteiger partial charge on any atom is -0.494 e. The first kappa shape index (κ1) is 36.8. The number of carbonyl (C=O) groups excluding carboxylic acids is 2. The number of anilines is 1. The second-order valence-electron chi connectivity index (χ2n) is 12.5. The summed E-state index contributed by atoms with van der Waals surface area (Å²) in [5.74, 6) is -0.437. The number of aryl methyl sites for hydroxylation is 1. The number of hydrogen-bond donors (Lipinski definition) is 1. The highest BCUT2D eigenvalue weighted by Gasteiger charge is 2.35.